The maximum Gasteiger partial charge on any atom is 0.381 e. The van der Waals surface area contributed by atoms with Gasteiger partial charge in [-0.05, 0) is 35.4 Å². The van der Waals surface area contributed by atoms with Crippen LogP contribution in [0.4, 0.5) is 0 Å². The first-order chi connectivity index (χ1) is 17.6. The third kappa shape index (κ3) is 6.26. The molecule has 0 aliphatic carbocycles. The Morgan fingerprint density at radius 1 is 0.500 bits per heavy atom. The van der Waals surface area contributed by atoms with Gasteiger partial charge < -0.3 is 9.47 Å². The Balaban J connectivity index is 1.48. The van der Waals surface area contributed by atoms with E-state index in [1.807, 2.05) is 97.1 Å². The van der Waals surface area contributed by atoms with Crippen LogP contribution in [-0.4, -0.2) is 26.5 Å². The summed E-state index contributed by atoms with van der Waals surface area (Å²) in [6.07, 6.45) is 2.01. The van der Waals surface area contributed by atoms with Gasteiger partial charge in [0.05, 0.1) is 14.2 Å². The molecule has 0 saturated carbocycles. The Kier molecular flexibility index (Phi) is 9.01. The van der Waals surface area contributed by atoms with E-state index >= 15 is 0 Å². The van der Waals surface area contributed by atoms with E-state index in [9.17, 15) is 9.13 Å². The second kappa shape index (κ2) is 12.6. The average molecular weight is 517 g/mol. The maximum atomic E-state index is 13.4. The molecule has 6 heteroatoms. The lowest BCUT2D eigenvalue weighted by Gasteiger charge is -2.08. The zero-order valence-corrected chi connectivity index (χ0v) is 22.4. The summed E-state index contributed by atoms with van der Waals surface area (Å²) in [4.78, 5) is 0. The summed E-state index contributed by atoms with van der Waals surface area (Å²) in [6.45, 7) is 0. The van der Waals surface area contributed by atoms with Gasteiger partial charge in [-0.15, -0.1) is 0 Å². The fourth-order valence-corrected chi connectivity index (χ4v) is 7.73. The third-order valence-corrected chi connectivity index (χ3v) is 9.73. The van der Waals surface area contributed by atoms with Gasteiger partial charge in [-0.2, -0.15) is 0 Å². The van der Waals surface area contributed by atoms with Crippen molar-refractivity contribution in [3.63, 3.8) is 0 Å². The summed E-state index contributed by atoms with van der Waals surface area (Å²) in [5.41, 5.74) is 4.12. The fourth-order valence-electron chi connectivity index (χ4n) is 4.34. The zero-order valence-electron chi connectivity index (χ0n) is 20.6. The van der Waals surface area contributed by atoms with Gasteiger partial charge in [0.25, 0.3) is 0 Å². The Labute approximate surface area is 214 Å². The molecular formula is C30H30O4P2+2. The highest BCUT2D eigenvalue weighted by atomic mass is 31.1. The molecule has 0 N–H and O–H groups in total. The highest BCUT2D eigenvalue weighted by Gasteiger charge is 2.31. The van der Waals surface area contributed by atoms with Crippen LogP contribution in [0.2, 0.25) is 0 Å². The molecular weight excluding hydrogens is 486 g/mol. The van der Waals surface area contributed by atoms with E-state index in [1.54, 1.807) is 14.2 Å². The predicted molar refractivity (Wildman–Crippen MR) is 149 cm³/mol. The Hall–Kier alpha value is -3.32. The monoisotopic (exact) mass is 516 g/mol. The fraction of sp³-hybridized carbons (Fsp3) is 0.200. The normalized spacial score (nSPS) is 11.6. The van der Waals surface area contributed by atoms with Crippen molar-refractivity contribution in [1.29, 1.82) is 0 Å². The van der Waals surface area contributed by atoms with E-state index in [1.165, 1.54) is 0 Å². The smallest absolute Gasteiger partial charge is 0.381 e. The van der Waals surface area contributed by atoms with Crippen LogP contribution in [0, 0.1) is 0 Å². The minimum Gasteiger partial charge on any atom is -0.496 e. The minimum atomic E-state index is -1.69. The number of para-hydroxylation sites is 2. The third-order valence-electron chi connectivity index (χ3n) is 6.17. The van der Waals surface area contributed by atoms with Crippen LogP contribution in [0.3, 0.4) is 0 Å². The van der Waals surface area contributed by atoms with Crippen molar-refractivity contribution in [2.75, 3.05) is 26.5 Å². The lowest BCUT2D eigenvalue weighted by atomic mass is 10.0. The molecule has 182 valence electrons. The molecule has 0 aliphatic rings. The molecule has 4 aromatic rings. The van der Waals surface area contributed by atoms with Crippen molar-refractivity contribution in [1.82, 2.24) is 0 Å². The molecule has 0 aromatic heterocycles. The van der Waals surface area contributed by atoms with E-state index < -0.39 is 15.6 Å². The van der Waals surface area contributed by atoms with Gasteiger partial charge in [-0.25, -0.2) is 0 Å². The van der Waals surface area contributed by atoms with Gasteiger partial charge in [-0.3, -0.25) is 0 Å². The van der Waals surface area contributed by atoms with Gasteiger partial charge in [-0.1, -0.05) is 81.9 Å². The molecule has 4 rings (SSSR count). The molecule has 0 heterocycles. The summed E-state index contributed by atoms with van der Waals surface area (Å²) in [5.74, 6) is 1.63. The topological polar surface area (TPSA) is 52.6 Å². The Morgan fingerprint density at radius 2 is 0.833 bits per heavy atom. The van der Waals surface area contributed by atoms with Gasteiger partial charge in [0, 0.05) is 24.0 Å². The first-order valence-electron chi connectivity index (χ1n) is 11.9. The van der Waals surface area contributed by atoms with E-state index in [-0.39, 0.29) is 0 Å². The number of benzene rings is 4. The van der Waals surface area contributed by atoms with Crippen molar-refractivity contribution in [3.8, 4) is 11.5 Å². The van der Waals surface area contributed by atoms with Crippen LogP contribution < -0.4 is 20.1 Å². The minimum absolute atomic E-state index is 0.371. The van der Waals surface area contributed by atoms with Gasteiger partial charge >= 0.3 is 15.6 Å². The molecule has 36 heavy (non-hydrogen) atoms. The lowest BCUT2D eigenvalue weighted by molar-refractivity contribution is 0.410. The molecule has 0 saturated heterocycles. The van der Waals surface area contributed by atoms with E-state index in [0.29, 0.717) is 25.2 Å². The summed E-state index contributed by atoms with van der Waals surface area (Å²) < 4.78 is 37.7. The molecule has 0 radical (unpaired) electrons. The van der Waals surface area contributed by atoms with Crippen LogP contribution in [0.15, 0.2) is 97.1 Å². The highest BCUT2D eigenvalue weighted by molar-refractivity contribution is 7.57. The number of methoxy groups -OCH3 is 2. The zero-order chi connectivity index (χ0) is 25.3. The van der Waals surface area contributed by atoms with Crippen molar-refractivity contribution in [2.24, 2.45) is 0 Å². The Bertz CT molecular complexity index is 1260. The molecule has 0 amide bonds. The molecule has 2 unspecified atom stereocenters. The van der Waals surface area contributed by atoms with Gasteiger partial charge in [0.2, 0.25) is 0 Å². The quantitative estimate of drug-likeness (QED) is 0.214. The summed E-state index contributed by atoms with van der Waals surface area (Å²) in [5, 5.41) is 1.65. The largest absolute Gasteiger partial charge is 0.496 e. The van der Waals surface area contributed by atoms with Crippen molar-refractivity contribution in [3.05, 3.63) is 119 Å². The number of rotatable bonds is 11. The predicted octanol–water partition coefficient (Wildman–Crippen LogP) is 6.49. The van der Waals surface area contributed by atoms with Crippen LogP contribution >= 0.6 is 15.6 Å². The van der Waals surface area contributed by atoms with E-state index in [0.717, 1.165) is 44.4 Å². The van der Waals surface area contributed by atoms with Crippen molar-refractivity contribution in [2.45, 2.75) is 12.8 Å². The molecule has 0 bridgehead atoms. The van der Waals surface area contributed by atoms with Crippen LogP contribution in [0.25, 0.3) is 0 Å². The van der Waals surface area contributed by atoms with Crippen LogP contribution in [0.5, 0.6) is 11.5 Å². The molecule has 0 fully saturated rings. The van der Waals surface area contributed by atoms with Crippen molar-refractivity contribution >= 4 is 26.2 Å². The van der Waals surface area contributed by atoms with Crippen molar-refractivity contribution < 1.29 is 18.6 Å². The summed E-state index contributed by atoms with van der Waals surface area (Å²) >= 11 is 0. The van der Waals surface area contributed by atoms with Crippen LogP contribution in [-0.2, 0) is 22.0 Å². The Morgan fingerprint density at radius 3 is 1.22 bits per heavy atom. The maximum absolute atomic E-state index is 13.4. The second-order valence-corrected chi connectivity index (χ2v) is 11.8. The standard InChI is InChI=1S/C30H30O4P2/c1-33-27-15-7-3-11-23(27)21-25-13-5-9-17-29(25)35(31)19-20-36(32)30-18-10-6-14-26(30)22-24-12-4-8-16-28(24)34-2/h3-18H,19-22H2,1-2H3/q+2. The average Bonchev–Trinajstić information content (AvgIpc) is 2.92. The first kappa shape index (κ1) is 25.8. The number of hydrogen-bond acceptors (Lipinski definition) is 4. The van der Waals surface area contributed by atoms with Gasteiger partial charge in [0.15, 0.2) is 22.9 Å². The number of ether oxygens (including phenoxy) is 2. The van der Waals surface area contributed by atoms with E-state index in [4.69, 9.17) is 9.47 Å². The molecule has 0 spiro atoms. The molecule has 4 nitrogen and oxygen atoms in total. The first-order valence-corrected chi connectivity index (χ1v) is 14.8. The second-order valence-electron chi connectivity index (χ2n) is 8.44. The molecule has 0 aliphatic heterocycles. The number of hydrogen-bond donors (Lipinski definition) is 0. The van der Waals surface area contributed by atoms with Crippen LogP contribution in [0.1, 0.15) is 22.3 Å². The molecule has 4 aromatic carbocycles. The lowest BCUT2D eigenvalue weighted by Crippen LogP contribution is -2.11. The summed E-state index contributed by atoms with van der Waals surface area (Å²) in [6, 6.07) is 31.4. The summed E-state index contributed by atoms with van der Waals surface area (Å²) in [7, 11) is -0.0587. The highest BCUT2D eigenvalue weighted by Crippen LogP contribution is 2.32. The van der Waals surface area contributed by atoms with Gasteiger partial charge in [0.1, 0.15) is 11.5 Å². The molecule has 2 atom stereocenters. The van der Waals surface area contributed by atoms with E-state index in [2.05, 4.69) is 0 Å². The SMILES string of the molecule is COc1ccccc1Cc1ccccc1[P+](=O)CC[P+](=O)c1ccccc1Cc1ccccc1OC.